The molecule has 0 aliphatic carbocycles. The van der Waals surface area contributed by atoms with Crippen LogP contribution in [0.5, 0.6) is 5.75 Å². The smallest absolute Gasteiger partial charge is 0.258 e. The minimum atomic E-state index is -0.292. The number of carbonyl (C=O) groups excluding carboxylic acids is 2. The zero-order chi connectivity index (χ0) is 18.4. The Labute approximate surface area is 149 Å². The predicted octanol–water partition coefficient (Wildman–Crippen LogP) is 1.32. The van der Waals surface area contributed by atoms with Crippen LogP contribution in [0.3, 0.4) is 0 Å². The summed E-state index contributed by atoms with van der Waals surface area (Å²) in [6.45, 7) is 8.58. The molecule has 25 heavy (non-hydrogen) atoms. The van der Waals surface area contributed by atoms with Crippen molar-refractivity contribution in [2.75, 3.05) is 26.2 Å². The Morgan fingerprint density at radius 2 is 1.96 bits per heavy atom. The largest absolute Gasteiger partial charge is 0.484 e. The lowest BCUT2D eigenvalue weighted by Crippen LogP contribution is -2.44. The van der Waals surface area contributed by atoms with Crippen molar-refractivity contribution < 1.29 is 14.3 Å². The van der Waals surface area contributed by atoms with Crippen molar-refractivity contribution in [3.8, 4) is 5.75 Å². The molecular weight excluding hydrogens is 318 g/mol. The van der Waals surface area contributed by atoms with Crippen molar-refractivity contribution in [3.63, 3.8) is 0 Å². The number of rotatable bonds is 8. The van der Waals surface area contributed by atoms with E-state index < -0.39 is 0 Å². The average Bonchev–Trinajstić information content (AvgIpc) is 2.95. The van der Waals surface area contributed by atoms with E-state index in [4.69, 9.17) is 10.5 Å². The highest BCUT2D eigenvalue weighted by Gasteiger charge is 2.35. The van der Waals surface area contributed by atoms with Crippen LogP contribution in [0.4, 0.5) is 0 Å². The standard InChI is InChI=1S/C19H29N3O3/c1-13(2)16-10-22(9-8-18(20)23)11-17(16)21-19(24)12-25-15-6-4-14(3)5-7-15/h4-7,13,16-17H,8-12H2,1-3H3,(H2,20,23)(H,21,24)/t16-,17+/m0/s1. The molecule has 2 atom stereocenters. The van der Waals surface area contributed by atoms with Crippen molar-refractivity contribution in [1.29, 1.82) is 0 Å². The number of primary amides is 1. The van der Waals surface area contributed by atoms with Gasteiger partial charge in [0.2, 0.25) is 5.91 Å². The molecule has 0 saturated carbocycles. The van der Waals surface area contributed by atoms with Gasteiger partial charge in [-0.25, -0.2) is 0 Å². The van der Waals surface area contributed by atoms with Gasteiger partial charge in [-0.3, -0.25) is 9.59 Å². The highest BCUT2D eigenvalue weighted by Crippen LogP contribution is 2.24. The molecular formula is C19H29N3O3. The summed E-state index contributed by atoms with van der Waals surface area (Å²) in [5.74, 6) is 1.09. The fourth-order valence-electron chi connectivity index (χ4n) is 3.22. The number of hydrogen-bond donors (Lipinski definition) is 2. The Hall–Kier alpha value is -2.08. The molecule has 6 heteroatoms. The van der Waals surface area contributed by atoms with Gasteiger partial charge in [0.25, 0.3) is 5.91 Å². The van der Waals surface area contributed by atoms with Crippen molar-refractivity contribution in [2.45, 2.75) is 33.2 Å². The second-order valence-electron chi connectivity index (χ2n) is 7.16. The Kier molecular flexibility index (Phi) is 6.82. The first kappa shape index (κ1) is 19.2. The van der Waals surface area contributed by atoms with E-state index in [2.05, 4.69) is 24.1 Å². The number of amides is 2. The summed E-state index contributed by atoms with van der Waals surface area (Å²) >= 11 is 0. The summed E-state index contributed by atoms with van der Waals surface area (Å²) < 4.78 is 5.55. The van der Waals surface area contributed by atoms with E-state index in [0.717, 1.165) is 18.7 Å². The van der Waals surface area contributed by atoms with Gasteiger partial charge >= 0.3 is 0 Å². The third kappa shape index (κ3) is 6.05. The van der Waals surface area contributed by atoms with Crippen molar-refractivity contribution in [3.05, 3.63) is 29.8 Å². The Balaban J connectivity index is 1.84. The molecule has 1 aliphatic rings. The van der Waals surface area contributed by atoms with Crippen LogP contribution in [0.1, 0.15) is 25.8 Å². The quantitative estimate of drug-likeness (QED) is 0.743. The van der Waals surface area contributed by atoms with Gasteiger partial charge < -0.3 is 20.7 Å². The molecule has 0 aromatic heterocycles. The number of hydrogen-bond acceptors (Lipinski definition) is 4. The molecule has 138 valence electrons. The molecule has 1 fully saturated rings. The molecule has 2 rings (SSSR count). The van der Waals surface area contributed by atoms with Crippen molar-refractivity contribution in [1.82, 2.24) is 10.2 Å². The van der Waals surface area contributed by atoms with Crippen molar-refractivity contribution >= 4 is 11.8 Å². The highest BCUT2D eigenvalue weighted by atomic mass is 16.5. The summed E-state index contributed by atoms with van der Waals surface area (Å²) in [7, 11) is 0. The van der Waals surface area contributed by atoms with E-state index in [0.29, 0.717) is 30.6 Å². The van der Waals surface area contributed by atoms with Gasteiger partial charge in [-0.15, -0.1) is 0 Å². The van der Waals surface area contributed by atoms with Crippen LogP contribution < -0.4 is 15.8 Å². The van der Waals surface area contributed by atoms with Gasteiger partial charge in [0.05, 0.1) is 0 Å². The average molecular weight is 347 g/mol. The van der Waals surface area contributed by atoms with Gasteiger partial charge in [0.1, 0.15) is 5.75 Å². The monoisotopic (exact) mass is 347 g/mol. The lowest BCUT2D eigenvalue weighted by Gasteiger charge is -2.23. The van der Waals surface area contributed by atoms with E-state index in [1.807, 2.05) is 31.2 Å². The molecule has 0 unspecified atom stereocenters. The number of benzene rings is 1. The molecule has 6 nitrogen and oxygen atoms in total. The van der Waals surface area contributed by atoms with Crippen LogP contribution in [0.25, 0.3) is 0 Å². The molecule has 1 heterocycles. The van der Waals surface area contributed by atoms with Crippen LogP contribution in [-0.4, -0.2) is 49.0 Å². The summed E-state index contributed by atoms with van der Waals surface area (Å²) in [6.07, 6.45) is 0.349. The van der Waals surface area contributed by atoms with Gasteiger partial charge in [-0.2, -0.15) is 0 Å². The highest BCUT2D eigenvalue weighted by molar-refractivity contribution is 5.78. The molecule has 3 N–H and O–H groups in total. The Morgan fingerprint density at radius 1 is 1.28 bits per heavy atom. The number of nitrogens with zero attached hydrogens (tertiary/aromatic N) is 1. The lowest BCUT2D eigenvalue weighted by molar-refractivity contribution is -0.124. The molecule has 1 saturated heterocycles. The topological polar surface area (TPSA) is 84.7 Å². The molecule has 0 radical (unpaired) electrons. The molecule has 2 amide bonds. The minimum Gasteiger partial charge on any atom is -0.484 e. The number of aryl methyl sites for hydroxylation is 1. The van der Waals surface area contributed by atoms with Crippen LogP contribution >= 0.6 is 0 Å². The maximum absolute atomic E-state index is 12.3. The number of nitrogens with one attached hydrogen (secondary N) is 1. The van der Waals surface area contributed by atoms with E-state index in [-0.39, 0.29) is 24.5 Å². The van der Waals surface area contributed by atoms with Crippen molar-refractivity contribution in [2.24, 2.45) is 17.6 Å². The fourth-order valence-corrected chi connectivity index (χ4v) is 3.22. The minimum absolute atomic E-state index is 0.00562. The second-order valence-corrected chi connectivity index (χ2v) is 7.16. The summed E-state index contributed by atoms with van der Waals surface area (Å²) in [6, 6.07) is 7.70. The number of likely N-dealkylation sites (tertiary alicyclic amines) is 1. The van der Waals surface area contributed by atoms with Gasteiger partial charge in [-0.1, -0.05) is 31.5 Å². The lowest BCUT2D eigenvalue weighted by atomic mass is 9.91. The first-order valence-electron chi connectivity index (χ1n) is 8.84. The molecule has 0 spiro atoms. The summed E-state index contributed by atoms with van der Waals surface area (Å²) in [5, 5.41) is 3.09. The number of nitrogens with two attached hydrogens (primary N) is 1. The van der Waals surface area contributed by atoms with Crippen LogP contribution in [-0.2, 0) is 9.59 Å². The molecule has 1 aliphatic heterocycles. The van der Waals surface area contributed by atoms with E-state index in [1.165, 1.54) is 0 Å². The third-order valence-corrected chi connectivity index (χ3v) is 4.71. The van der Waals surface area contributed by atoms with Crippen LogP contribution in [0.15, 0.2) is 24.3 Å². The number of carbonyl (C=O) groups is 2. The molecule has 1 aromatic rings. The van der Waals surface area contributed by atoms with Gasteiger partial charge in [0, 0.05) is 32.1 Å². The van der Waals surface area contributed by atoms with E-state index in [9.17, 15) is 9.59 Å². The number of ether oxygens (including phenoxy) is 1. The normalized spacial score (nSPS) is 20.6. The Morgan fingerprint density at radius 3 is 2.56 bits per heavy atom. The van der Waals surface area contributed by atoms with Gasteiger partial charge in [0.15, 0.2) is 6.61 Å². The first-order chi connectivity index (χ1) is 11.8. The first-order valence-corrected chi connectivity index (χ1v) is 8.84. The van der Waals surface area contributed by atoms with Crippen LogP contribution in [0.2, 0.25) is 0 Å². The van der Waals surface area contributed by atoms with E-state index in [1.54, 1.807) is 0 Å². The van der Waals surface area contributed by atoms with Gasteiger partial charge in [-0.05, 0) is 30.9 Å². The van der Waals surface area contributed by atoms with Crippen LogP contribution in [0, 0.1) is 18.8 Å². The SMILES string of the molecule is Cc1ccc(OCC(=O)N[C@@H]2CN(CCC(N)=O)C[C@H]2C(C)C)cc1. The maximum atomic E-state index is 12.3. The van der Waals surface area contributed by atoms with E-state index >= 15 is 0 Å². The zero-order valence-corrected chi connectivity index (χ0v) is 15.3. The summed E-state index contributed by atoms with van der Waals surface area (Å²) in [5.41, 5.74) is 6.38. The predicted molar refractivity (Wildman–Crippen MR) is 97.2 cm³/mol. The molecule has 0 bridgehead atoms. The summed E-state index contributed by atoms with van der Waals surface area (Å²) in [4.78, 5) is 25.4. The maximum Gasteiger partial charge on any atom is 0.258 e. The molecule has 1 aromatic carbocycles. The Bertz CT molecular complexity index is 586. The fraction of sp³-hybridized carbons (Fsp3) is 0.579. The zero-order valence-electron chi connectivity index (χ0n) is 15.3. The third-order valence-electron chi connectivity index (χ3n) is 4.71. The second kappa shape index (κ2) is 8.85.